The highest BCUT2D eigenvalue weighted by Gasteiger charge is 2.17. The lowest BCUT2D eigenvalue weighted by Gasteiger charge is -2.28. The van der Waals surface area contributed by atoms with Crippen molar-refractivity contribution in [3.05, 3.63) is 64.1 Å². The van der Waals surface area contributed by atoms with Gasteiger partial charge in [-0.3, -0.25) is 4.79 Å². The SMILES string of the molecule is CC(O)CN(CC(=O)N(C)Cc1ccc(Cl)c(Cl)c1)c1ccccc1. The Bertz CT molecular complexity index is 708. The average Bonchev–Trinajstić information content (AvgIpc) is 2.58. The van der Waals surface area contributed by atoms with Crippen LogP contribution in [0.4, 0.5) is 5.69 Å². The Kier molecular flexibility index (Phi) is 7.12. The van der Waals surface area contributed by atoms with Crippen molar-refractivity contribution in [3.8, 4) is 0 Å². The predicted molar refractivity (Wildman–Crippen MR) is 103 cm³/mol. The molecule has 1 amide bonds. The van der Waals surface area contributed by atoms with Gasteiger partial charge in [-0.2, -0.15) is 0 Å². The molecule has 0 bridgehead atoms. The number of anilines is 1. The largest absolute Gasteiger partial charge is 0.392 e. The highest BCUT2D eigenvalue weighted by molar-refractivity contribution is 6.42. The summed E-state index contributed by atoms with van der Waals surface area (Å²) in [5.41, 5.74) is 1.81. The van der Waals surface area contributed by atoms with Gasteiger partial charge in [0.1, 0.15) is 0 Å². The van der Waals surface area contributed by atoms with Crippen LogP contribution in [0.3, 0.4) is 0 Å². The maximum absolute atomic E-state index is 12.6. The lowest BCUT2D eigenvalue weighted by molar-refractivity contribution is -0.129. The summed E-state index contributed by atoms with van der Waals surface area (Å²) in [5.74, 6) is -0.0458. The summed E-state index contributed by atoms with van der Waals surface area (Å²) in [7, 11) is 1.75. The number of nitrogens with zero attached hydrogens (tertiary/aromatic N) is 2. The van der Waals surface area contributed by atoms with E-state index in [-0.39, 0.29) is 12.5 Å². The minimum atomic E-state index is -0.534. The number of halogens is 2. The molecular formula is C19H22Cl2N2O2. The van der Waals surface area contributed by atoms with Crippen LogP contribution in [0.25, 0.3) is 0 Å². The van der Waals surface area contributed by atoms with E-state index in [2.05, 4.69) is 0 Å². The monoisotopic (exact) mass is 380 g/mol. The number of likely N-dealkylation sites (N-methyl/N-ethyl adjacent to an activating group) is 1. The van der Waals surface area contributed by atoms with Crippen molar-refractivity contribution < 1.29 is 9.90 Å². The normalized spacial score (nSPS) is 11.9. The van der Waals surface area contributed by atoms with Gasteiger partial charge in [-0.25, -0.2) is 0 Å². The number of aliphatic hydroxyl groups excluding tert-OH is 1. The summed E-state index contributed by atoms with van der Waals surface area (Å²) in [6, 6.07) is 14.9. The molecule has 0 aliphatic rings. The third kappa shape index (κ3) is 5.92. The molecule has 0 aliphatic carbocycles. The maximum Gasteiger partial charge on any atom is 0.242 e. The molecule has 0 fully saturated rings. The summed E-state index contributed by atoms with van der Waals surface area (Å²) >= 11 is 11.9. The Labute approximate surface area is 158 Å². The third-order valence-corrected chi connectivity index (χ3v) is 4.50. The molecule has 0 radical (unpaired) electrons. The molecule has 2 rings (SSSR count). The minimum Gasteiger partial charge on any atom is -0.392 e. The molecule has 0 aliphatic heterocycles. The van der Waals surface area contributed by atoms with Gasteiger partial charge in [0.05, 0.1) is 22.7 Å². The van der Waals surface area contributed by atoms with Gasteiger partial charge >= 0.3 is 0 Å². The molecule has 1 N–H and O–H groups in total. The molecule has 0 heterocycles. The summed E-state index contributed by atoms with van der Waals surface area (Å²) in [6.45, 7) is 2.72. The number of benzene rings is 2. The first-order valence-electron chi connectivity index (χ1n) is 8.02. The van der Waals surface area contributed by atoms with Crippen LogP contribution in [-0.4, -0.2) is 42.2 Å². The Morgan fingerprint density at radius 2 is 1.80 bits per heavy atom. The number of aliphatic hydroxyl groups is 1. The Balaban J connectivity index is 2.05. The van der Waals surface area contributed by atoms with E-state index in [0.29, 0.717) is 23.1 Å². The van der Waals surface area contributed by atoms with Gasteiger partial charge in [0.15, 0.2) is 0 Å². The van der Waals surface area contributed by atoms with Crippen LogP contribution < -0.4 is 4.90 Å². The van der Waals surface area contributed by atoms with Gasteiger partial charge in [-0.1, -0.05) is 47.5 Å². The third-order valence-electron chi connectivity index (χ3n) is 3.76. The zero-order chi connectivity index (χ0) is 18.4. The minimum absolute atomic E-state index is 0.0458. The summed E-state index contributed by atoms with van der Waals surface area (Å²) in [4.78, 5) is 16.1. The molecule has 4 nitrogen and oxygen atoms in total. The molecule has 1 atom stereocenters. The highest BCUT2D eigenvalue weighted by Crippen LogP contribution is 2.23. The average molecular weight is 381 g/mol. The fourth-order valence-electron chi connectivity index (χ4n) is 2.50. The predicted octanol–water partition coefficient (Wildman–Crippen LogP) is 3.84. The maximum atomic E-state index is 12.6. The molecule has 1 unspecified atom stereocenters. The fraction of sp³-hybridized carbons (Fsp3) is 0.316. The van der Waals surface area contributed by atoms with Crippen LogP contribution in [0.5, 0.6) is 0 Å². The second-order valence-corrected chi connectivity index (χ2v) is 6.88. The van der Waals surface area contributed by atoms with Crippen molar-refractivity contribution in [1.29, 1.82) is 0 Å². The molecule has 6 heteroatoms. The lowest BCUT2D eigenvalue weighted by Crippen LogP contribution is -2.41. The van der Waals surface area contributed by atoms with Crippen molar-refractivity contribution in [3.63, 3.8) is 0 Å². The van der Waals surface area contributed by atoms with Crippen LogP contribution in [0, 0.1) is 0 Å². The zero-order valence-electron chi connectivity index (χ0n) is 14.3. The van der Waals surface area contributed by atoms with Gasteiger partial charge < -0.3 is 14.9 Å². The van der Waals surface area contributed by atoms with E-state index in [1.165, 1.54) is 0 Å². The Morgan fingerprint density at radius 3 is 2.40 bits per heavy atom. The zero-order valence-corrected chi connectivity index (χ0v) is 15.8. The molecule has 2 aromatic rings. The fourth-order valence-corrected chi connectivity index (χ4v) is 2.82. The summed E-state index contributed by atoms with van der Waals surface area (Å²) in [6.07, 6.45) is -0.534. The number of para-hydroxylation sites is 1. The standard InChI is InChI=1S/C19H22Cl2N2O2/c1-14(24)11-23(16-6-4-3-5-7-16)13-19(25)22(2)12-15-8-9-17(20)18(21)10-15/h3-10,14,24H,11-13H2,1-2H3. The number of carbonyl (C=O) groups is 1. The van der Waals surface area contributed by atoms with Gasteiger partial charge in [0.25, 0.3) is 0 Å². The van der Waals surface area contributed by atoms with E-state index in [1.807, 2.05) is 41.3 Å². The van der Waals surface area contributed by atoms with Crippen molar-refractivity contribution in [2.75, 3.05) is 25.0 Å². The first kappa shape index (κ1) is 19.6. The molecule has 0 saturated carbocycles. The highest BCUT2D eigenvalue weighted by atomic mass is 35.5. The Hall–Kier alpha value is -1.75. The molecule has 0 saturated heterocycles. The van der Waals surface area contributed by atoms with Crippen molar-refractivity contribution >= 4 is 34.8 Å². The molecule has 2 aromatic carbocycles. The lowest BCUT2D eigenvalue weighted by atomic mass is 10.2. The number of hydrogen-bond donors (Lipinski definition) is 1. The summed E-state index contributed by atoms with van der Waals surface area (Å²) < 4.78 is 0. The van der Waals surface area contributed by atoms with E-state index in [4.69, 9.17) is 23.2 Å². The number of hydrogen-bond acceptors (Lipinski definition) is 3. The van der Waals surface area contributed by atoms with E-state index in [1.54, 1.807) is 31.0 Å². The Morgan fingerprint density at radius 1 is 1.12 bits per heavy atom. The smallest absolute Gasteiger partial charge is 0.242 e. The van der Waals surface area contributed by atoms with Crippen LogP contribution in [-0.2, 0) is 11.3 Å². The number of amides is 1. The van der Waals surface area contributed by atoms with Gasteiger partial charge in [-0.15, -0.1) is 0 Å². The number of rotatable bonds is 7. The van der Waals surface area contributed by atoms with Gasteiger partial charge in [0, 0.05) is 25.8 Å². The quantitative estimate of drug-likeness (QED) is 0.793. The van der Waals surface area contributed by atoms with Crippen LogP contribution in [0.15, 0.2) is 48.5 Å². The topological polar surface area (TPSA) is 43.8 Å². The molecule has 0 spiro atoms. The summed E-state index contributed by atoms with van der Waals surface area (Å²) in [5, 5.41) is 10.7. The molecule has 0 aromatic heterocycles. The van der Waals surface area contributed by atoms with Gasteiger partial charge in [-0.05, 0) is 36.8 Å². The van der Waals surface area contributed by atoms with E-state index in [0.717, 1.165) is 11.3 Å². The van der Waals surface area contributed by atoms with Crippen LogP contribution in [0.2, 0.25) is 10.0 Å². The van der Waals surface area contributed by atoms with Crippen molar-refractivity contribution in [2.45, 2.75) is 19.6 Å². The second kappa shape index (κ2) is 9.09. The molecule has 134 valence electrons. The van der Waals surface area contributed by atoms with E-state index in [9.17, 15) is 9.90 Å². The van der Waals surface area contributed by atoms with E-state index >= 15 is 0 Å². The van der Waals surface area contributed by atoms with Crippen LogP contribution in [0.1, 0.15) is 12.5 Å². The van der Waals surface area contributed by atoms with Crippen LogP contribution >= 0.6 is 23.2 Å². The second-order valence-electron chi connectivity index (χ2n) is 6.06. The van der Waals surface area contributed by atoms with Crippen molar-refractivity contribution in [2.24, 2.45) is 0 Å². The first-order valence-corrected chi connectivity index (χ1v) is 8.78. The van der Waals surface area contributed by atoms with Gasteiger partial charge in [0.2, 0.25) is 5.91 Å². The first-order chi connectivity index (χ1) is 11.9. The van der Waals surface area contributed by atoms with E-state index < -0.39 is 6.10 Å². The van der Waals surface area contributed by atoms with Crippen molar-refractivity contribution in [1.82, 2.24) is 4.90 Å². The number of carbonyl (C=O) groups excluding carboxylic acids is 1. The molecular weight excluding hydrogens is 359 g/mol. The molecule has 25 heavy (non-hydrogen) atoms.